The zero-order valence-electron chi connectivity index (χ0n) is 11.7. The van der Waals surface area contributed by atoms with Gasteiger partial charge < -0.3 is 11.1 Å². The number of carbonyl (C=O) groups is 1. The van der Waals surface area contributed by atoms with Gasteiger partial charge in [-0.3, -0.25) is 9.89 Å². The molecule has 1 aromatic rings. The highest BCUT2D eigenvalue weighted by Crippen LogP contribution is 2.25. The van der Waals surface area contributed by atoms with Gasteiger partial charge in [0, 0.05) is 12.1 Å². The molecule has 1 rings (SSSR count). The number of nitrogens with two attached hydrogens (primary N) is 1. The molecular weight excluding hydrogens is 228 g/mol. The van der Waals surface area contributed by atoms with E-state index < -0.39 is 0 Å². The summed E-state index contributed by atoms with van der Waals surface area (Å²) in [6.45, 7) is 8.71. The smallest absolute Gasteiger partial charge is 0.229 e. The summed E-state index contributed by atoms with van der Waals surface area (Å²) in [5.41, 5.74) is 6.79. The molecule has 0 radical (unpaired) electrons. The predicted molar refractivity (Wildman–Crippen MR) is 73.2 cm³/mol. The summed E-state index contributed by atoms with van der Waals surface area (Å²) in [5, 5.41) is 9.62. The molecular formula is C13H24N4O. The van der Waals surface area contributed by atoms with E-state index in [1.54, 1.807) is 6.20 Å². The van der Waals surface area contributed by atoms with Crippen molar-refractivity contribution in [2.24, 2.45) is 17.1 Å². The number of aromatic amines is 1. The number of nitrogens with one attached hydrogen (secondary N) is 2. The number of aryl methyl sites for hydroxylation is 1. The van der Waals surface area contributed by atoms with Crippen LogP contribution in [-0.2, 0) is 11.2 Å². The Morgan fingerprint density at radius 1 is 1.56 bits per heavy atom. The summed E-state index contributed by atoms with van der Waals surface area (Å²) in [6, 6.07) is 0. The zero-order valence-corrected chi connectivity index (χ0v) is 11.7. The molecule has 0 aliphatic carbocycles. The van der Waals surface area contributed by atoms with Crippen molar-refractivity contribution >= 4 is 11.7 Å². The molecule has 5 heteroatoms. The molecule has 1 aromatic heterocycles. The Bertz CT molecular complexity index is 392. The Balaban J connectivity index is 2.68. The molecule has 1 heterocycles. The van der Waals surface area contributed by atoms with Gasteiger partial charge in [-0.25, -0.2) is 0 Å². The molecule has 0 aliphatic heterocycles. The first-order valence-corrected chi connectivity index (χ1v) is 6.40. The van der Waals surface area contributed by atoms with Gasteiger partial charge in [-0.15, -0.1) is 0 Å². The first-order valence-electron chi connectivity index (χ1n) is 6.40. The number of anilines is 1. The highest BCUT2D eigenvalue weighted by molar-refractivity contribution is 5.92. The highest BCUT2D eigenvalue weighted by atomic mass is 16.2. The molecule has 1 atom stereocenters. The Kier molecular flexibility index (Phi) is 4.90. The van der Waals surface area contributed by atoms with Crippen molar-refractivity contribution < 1.29 is 4.79 Å². The standard InChI is InChI=1S/C13H24N4O/c1-5-9-8-15-17-11(9)16-12(18)10(7-14)6-13(2,3)4/h8,10H,5-7,14H2,1-4H3,(H2,15,16,17,18). The van der Waals surface area contributed by atoms with Crippen molar-refractivity contribution in [1.82, 2.24) is 10.2 Å². The van der Waals surface area contributed by atoms with E-state index >= 15 is 0 Å². The molecule has 0 aromatic carbocycles. The summed E-state index contributed by atoms with van der Waals surface area (Å²) in [6.07, 6.45) is 3.33. The molecule has 0 aliphatic rings. The molecule has 102 valence electrons. The Hall–Kier alpha value is -1.36. The molecule has 1 amide bonds. The van der Waals surface area contributed by atoms with Gasteiger partial charge in [0.1, 0.15) is 5.82 Å². The predicted octanol–water partition coefficient (Wildman–Crippen LogP) is 1.92. The van der Waals surface area contributed by atoms with E-state index in [2.05, 4.69) is 36.3 Å². The third kappa shape index (κ3) is 4.14. The fraction of sp³-hybridized carbons (Fsp3) is 0.692. The Morgan fingerprint density at radius 2 is 2.22 bits per heavy atom. The minimum atomic E-state index is -0.169. The van der Waals surface area contributed by atoms with Crippen molar-refractivity contribution in [3.05, 3.63) is 11.8 Å². The fourth-order valence-corrected chi connectivity index (χ4v) is 1.93. The van der Waals surface area contributed by atoms with Crippen LogP contribution in [-0.4, -0.2) is 22.6 Å². The monoisotopic (exact) mass is 252 g/mol. The van der Waals surface area contributed by atoms with Crippen molar-refractivity contribution in [2.75, 3.05) is 11.9 Å². The summed E-state index contributed by atoms with van der Waals surface area (Å²) in [7, 11) is 0. The average Bonchev–Trinajstić information content (AvgIpc) is 2.71. The van der Waals surface area contributed by atoms with Crippen molar-refractivity contribution in [1.29, 1.82) is 0 Å². The zero-order chi connectivity index (χ0) is 13.8. The summed E-state index contributed by atoms with van der Waals surface area (Å²) in [5.74, 6) is 0.485. The minimum Gasteiger partial charge on any atom is -0.330 e. The maximum absolute atomic E-state index is 12.1. The maximum atomic E-state index is 12.1. The van der Waals surface area contributed by atoms with Crippen LogP contribution in [0.4, 0.5) is 5.82 Å². The van der Waals surface area contributed by atoms with Gasteiger partial charge in [0.2, 0.25) is 5.91 Å². The summed E-state index contributed by atoms with van der Waals surface area (Å²) in [4.78, 5) is 12.1. The second kappa shape index (κ2) is 6.00. The molecule has 0 spiro atoms. The van der Waals surface area contributed by atoms with Gasteiger partial charge in [0.15, 0.2) is 0 Å². The van der Waals surface area contributed by atoms with E-state index in [4.69, 9.17) is 5.73 Å². The van der Waals surface area contributed by atoms with Crippen LogP contribution in [0.15, 0.2) is 6.20 Å². The maximum Gasteiger partial charge on any atom is 0.229 e. The molecule has 0 bridgehead atoms. The number of H-pyrrole nitrogens is 1. The SMILES string of the molecule is CCc1cn[nH]c1NC(=O)C(CN)CC(C)(C)C. The van der Waals surface area contributed by atoms with E-state index in [0.29, 0.717) is 12.4 Å². The molecule has 5 nitrogen and oxygen atoms in total. The lowest BCUT2D eigenvalue weighted by Crippen LogP contribution is -2.32. The van der Waals surface area contributed by atoms with Gasteiger partial charge in [0.05, 0.1) is 12.1 Å². The summed E-state index contributed by atoms with van der Waals surface area (Å²) >= 11 is 0. The third-order valence-electron chi connectivity index (χ3n) is 2.86. The average molecular weight is 252 g/mol. The van der Waals surface area contributed by atoms with Crippen LogP contribution in [0.1, 0.15) is 39.7 Å². The third-order valence-corrected chi connectivity index (χ3v) is 2.86. The van der Waals surface area contributed by atoms with Crippen LogP contribution in [0.2, 0.25) is 0 Å². The second-order valence-electron chi connectivity index (χ2n) is 5.81. The number of hydrogen-bond acceptors (Lipinski definition) is 3. The fourth-order valence-electron chi connectivity index (χ4n) is 1.93. The molecule has 4 N–H and O–H groups in total. The van der Waals surface area contributed by atoms with Gasteiger partial charge >= 0.3 is 0 Å². The second-order valence-corrected chi connectivity index (χ2v) is 5.81. The van der Waals surface area contributed by atoms with Gasteiger partial charge in [0.25, 0.3) is 0 Å². The lowest BCUT2D eigenvalue weighted by atomic mass is 9.84. The van der Waals surface area contributed by atoms with Crippen LogP contribution in [0.3, 0.4) is 0 Å². The van der Waals surface area contributed by atoms with Crippen LogP contribution < -0.4 is 11.1 Å². The quantitative estimate of drug-likeness (QED) is 0.748. The van der Waals surface area contributed by atoms with Crippen molar-refractivity contribution in [3.63, 3.8) is 0 Å². The topological polar surface area (TPSA) is 83.8 Å². The normalized spacial score (nSPS) is 13.4. The first-order chi connectivity index (χ1) is 8.37. The Morgan fingerprint density at radius 3 is 2.72 bits per heavy atom. The molecule has 0 saturated heterocycles. The Labute approximate surface area is 109 Å². The first kappa shape index (κ1) is 14.7. The van der Waals surface area contributed by atoms with Gasteiger partial charge in [-0.2, -0.15) is 5.10 Å². The lowest BCUT2D eigenvalue weighted by molar-refractivity contribution is -0.120. The molecule has 0 fully saturated rings. The minimum absolute atomic E-state index is 0.0358. The van der Waals surface area contributed by atoms with Crippen LogP contribution in [0.5, 0.6) is 0 Å². The van der Waals surface area contributed by atoms with Crippen LogP contribution in [0, 0.1) is 11.3 Å². The number of amides is 1. The van der Waals surface area contributed by atoms with Crippen LogP contribution >= 0.6 is 0 Å². The summed E-state index contributed by atoms with van der Waals surface area (Å²) < 4.78 is 0. The van der Waals surface area contributed by atoms with Gasteiger partial charge in [-0.1, -0.05) is 27.7 Å². The molecule has 1 unspecified atom stereocenters. The van der Waals surface area contributed by atoms with Gasteiger partial charge in [-0.05, 0) is 18.3 Å². The number of aromatic nitrogens is 2. The van der Waals surface area contributed by atoms with Crippen LogP contribution in [0.25, 0.3) is 0 Å². The van der Waals surface area contributed by atoms with E-state index in [1.165, 1.54) is 0 Å². The highest BCUT2D eigenvalue weighted by Gasteiger charge is 2.24. The van der Waals surface area contributed by atoms with E-state index in [9.17, 15) is 4.79 Å². The van der Waals surface area contributed by atoms with Crippen molar-refractivity contribution in [3.8, 4) is 0 Å². The number of rotatable bonds is 5. The number of hydrogen-bond donors (Lipinski definition) is 3. The van der Waals surface area contributed by atoms with E-state index in [1.807, 2.05) is 6.92 Å². The lowest BCUT2D eigenvalue weighted by Gasteiger charge is -2.24. The number of carbonyl (C=O) groups excluding carboxylic acids is 1. The molecule has 18 heavy (non-hydrogen) atoms. The largest absolute Gasteiger partial charge is 0.330 e. The number of nitrogens with zero attached hydrogens (tertiary/aromatic N) is 1. The van der Waals surface area contributed by atoms with E-state index in [0.717, 1.165) is 18.4 Å². The van der Waals surface area contributed by atoms with E-state index in [-0.39, 0.29) is 17.2 Å². The molecule has 0 saturated carbocycles. The van der Waals surface area contributed by atoms with Crippen molar-refractivity contribution in [2.45, 2.75) is 40.5 Å².